The zero-order valence-corrected chi connectivity index (χ0v) is 13.2. The third kappa shape index (κ3) is 4.89. The van der Waals surface area contributed by atoms with Crippen molar-refractivity contribution >= 4 is 30.1 Å². The molecule has 1 unspecified atom stereocenters. The molecule has 1 saturated heterocycles. The van der Waals surface area contributed by atoms with Gasteiger partial charge in [0, 0.05) is 18.0 Å². The van der Waals surface area contributed by atoms with Crippen LogP contribution in [0.4, 0.5) is 0 Å². The molecule has 6 heteroatoms. The molecule has 0 saturated carbocycles. The Labute approximate surface area is 130 Å². The van der Waals surface area contributed by atoms with Gasteiger partial charge in [-0.25, -0.2) is 0 Å². The summed E-state index contributed by atoms with van der Waals surface area (Å²) < 4.78 is 0. The van der Waals surface area contributed by atoms with E-state index >= 15 is 0 Å². The van der Waals surface area contributed by atoms with Gasteiger partial charge in [0.05, 0.1) is 5.75 Å². The van der Waals surface area contributed by atoms with Gasteiger partial charge >= 0.3 is 0 Å². The van der Waals surface area contributed by atoms with Crippen LogP contribution in [-0.2, 0) is 4.79 Å². The number of hydrogen-bond acceptors (Lipinski definition) is 4. The second kappa shape index (κ2) is 8.39. The minimum absolute atomic E-state index is 0. The number of amides is 1. The molecule has 0 aromatic heterocycles. The van der Waals surface area contributed by atoms with Crippen LogP contribution >= 0.6 is 24.2 Å². The van der Waals surface area contributed by atoms with E-state index in [2.05, 4.69) is 5.32 Å². The highest BCUT2D eigenvalue weighted by Gasteiger charge is 2.25. The first-order chi connectivity index (χ1) is 9.19. The molecule has 2 rings (SSSR count). The topological polar surface area (TPSA) is 52.6 Å². The maximum atomic E-state index is 12.1. The van der Waals surface area contributed by atoms with Crippen molar-refractivity contribution in [1.82, 2.24) is 10.2 Å². The molecule has 1 heterocycles. The maximum absolute atomic E-state index is 12.1. The van der Waals surface area contributed by atoms with Crippen molar-refractivity contribution in [3.05, 3.63) is 24.3 Å². The molecule has 1 fully saturated rings. The standard InChI is InChI=1S/C14H20N2O2S.ClH/c1-15-8-11-6-7-16(9-11)14(18)10-19-13-4-2-12(17)3-5-13;/h2-5,11,15,17H,6-10H2,1H3;1H. The normalized spacial score (nSPS) is 17.9. The Morgan fingerprint density at radius 1 is 1.45 bits per heavy atom. The molecular formula is C14H21ClN2O2S. The molecule has 112 valence electrons. The summed E-state index contributed by atoms with van der Waals surface area (Å²) in [6, 6.07) is 6.96. The summed E-state index contributed by atoms with van der Waals surface area (Å²) in [5, 5.41) is 12.4. The van der Waals surface area contributed by atoms with E-state index in [0.29, 0.717) is 11.7 Å². The lowest BCUT2D eigenvalue weighted by molar-refractivity contribution is -0.127. The number of aromatic hydroxyl groups is 1. The molecule has 4 nitrogen and oxygen atoms in total. The molecule has 1 aromatic carbocycles. The Kier molecular flexibility index (Phi) is 7.19. The van der Waals surface area contributed by atoms with Gasteiger partial charge in [-0.2, -0.15) is 0 Å². The smallest absolute Gasteiger partial charge is 0.232 e. The van der Waals surface area contributed by atoms with Crippen LogP contribution in [0.3, 0.4) is 0 Å². The Bertz CT molecular complexity index is 428. The van der Waals surface area contributed by atoms with Gasteiger partial charge in [0.2, 0.25) is 5.91 Å². The average Bonchev–Trinajstić information content (AvgIpc) is 2.87. The minimum Gasteiger partial charge on any atom is -0.508 e. The Hall–Kier alpha value is -0.910. The Balaban J connectivity index is 0.00000200. The number of halogens is 1. The van der Waals surface area contributed by atoms with Crippen LogP contribution in [0.2, 0.25) is 0 Å². The summed E-state index contributed by atoms with van der Waals surface area (Å²) in [5.41, 5.74) is 0. The predicted molar refractivity (Wildman–Crippen MR) is 84.7 cm³/mol. The van der Waals surface area contributed by atoms with Gasteiger partial charge in [-0.15, -0.1) is 24.2 Å². The molecule has 2 N–H and O–H groups in total. The third-order valence-corrected chi connectivity index (χ3v) is 4.33. The number of benzene rings is 1. The predicted octanol–water partition coefficient (Wildman–Crippen LogP) is 1.97. The van der Waals surface area contributed by atoms with Gasteiger partial charge in [-0.05, 0) is 50.2 Å². The van der Waals surface area contributed by atoms with Crippen LogP contribution in [0, 0.1) is 5.92 Å². The number of nitrogens with zero attached hydrogens (tertiary/aromatic N) is 1. The number of likely N-dealkylation sites (tertiary alicyclic amines) is 1. The lowest BCUT2D eigenvalue weighted by Gasteiger charge is -2.16. The number of carbonyl (C=O) groups excluding carboxylic acids is 1. The van der Waals surface area contributed by atoms with Gasteiger partial charge in [0.15, 0.2) is 0 Å². The van der Waals surface area contributed by atoms with Crippen molar-refractivity contribution in [3.8, 4) is 5.75 Å². The summed E-state index contributed by atoms with van der Waals surface area (Å²) in [7, 11) is 1.95. The fraction of sp³-hybridized carbons (Fsp3) is 0.500. The summed E-state index contributed by atoms with van der Waals surface area (Å²) in [5.74, 6) is 1.52. The molecule has 0 bridgehead atoms. The van der Waals surface area contributed by atoms with Crippen LogP contribution in [0.1, 0.15) is 6.42 Å². The van der Waals surface area contributed by atoms with Crippen molar-refractivity contribution in [2.45, 2.75) is 11.3 Å². The number of thioether (sulfide) groups is 1. The van der Waals surface area contributed by atoms with Gasteiger partial charge in [-0.3, -0.25) is 4.79 Å². The molecule has 20 heavy (non-hydrogen) atoms. The van der Waals surface area contributed by atoms with Crippen molar-refractivity contribution < 1.29 is 9.90 Å². The van der Waals surface area contributed by atoms with Gasteiger partial charge < -0.3 is 15.3 Å². The average molecular weight is 317 g/mol. The highest BCUT2D eigenvalue weighted by molar-refractivity contribution is 8.00. The zero-order valence-electron chi connectivity index (χ0n) is 11.5. The van der Waals surface area contributed by atoms with Crippen LogP contribution in [0.15, 0.2) is 29.2 Å². The quantitative estimate of drug-likeness (QED) is 0.816. The number of phenols is 1. The monoisotopic (exact) mass is 316 g/mol. The number of carbonyl (C=O) groups is 1. The van der Waals surface area contributed by atoms with Crippen molar-refractivity contribution in [3.63, 3.8) is 0 Å². The Morgan fingerprint density at radius 2 is 2.15 bits per heavy atom. The third-order valence-electron chi connectivity index (χ3n) is 3.33. The lowest BCUT2D eigenvalue weighted by atomic mass is 10.1. The van der Waals surface area contributed by atoms with Crippen molar-refractivity contribution in [1.29, 1.82) is 0 Å². The first kappa shape index (κ1) is 17.1. The maximum Gasteiger partial charge on any atom is 0.232 e. The molecule has 1 aromatic rings. The summed E-state index contributed by atoms with van der Waals surface area (Å²) in [6.45, 7) is 2.73. The van der Waals surface area contributed by atoms with E-state index in [1.165, 1.54) is 11.8 Å². The number of rotatable bonds is 5. The lowest BCUT2D eigenvalue weighted by Crippen LogP contribution is -2.31. The van der Waals surface area contributed by atoms with E-state index in [0.717, 1.165) is 31.0 Å². The van der Waals surface area contributed by atoms with Gasteiger partial charge in [-0.1, -0.05) is 0 Å². The first-order valence-electron chi connectivity index (χ1n) is 6.53. The van der Waals surface area contributed by atoms with Crippen molar-refractivity contribution in [2.24, 2.45) is 5.92 Å². The summed E-state index contributed by atoms with van der Waals surface area (Å²) in [6.07, 6.45) is 1.09. The van der Waals surface area contributed by atoms with Crippen LogP contribution in [0.5, 0.6) is 5.75 Å². The van der Waals surface area contributed by atoms with E-state index in [4.69, 9.17) is 0 Å². The van der Waals surface area contributed by atoms with Crippen LogP contribution < -0.4 is 5.32 Å². The highest BCUT2D eigenvalue weighted by atomic mass is 35.5. The number of nitrogens with one attached hydrogen (secondary N) is 1. The highest BCUT2D eigenvalue weighted by Crippen LogP contribution is 2.22. The van der Waals surface area contributed by atoms with Gasteiger partial charge in [0.1, 0.15) is 5.75 Å². The second-order valence-electron chi connectivity index (χ2n) is 4.83. The molecule has 1 aliphatic heterocycles. The molecule has 1 aliphatic rings. The van der Waals surface area contributed by atoms with E-state index in [-0.39, 0.29) is 24.1 Å². The second-order valence-corrected chi connectivity index (χ2v) is 5.88. The summed E-state index contributed by atoms with van der Waals surface area (Å²) in [4.78, 5) is 15.0. The number of phenolic OH excluding ortho intramolecular Hbond substituents is 1. The molecule has 0 radical (unpaired) electrons. The van der Waals surface area contributed by atoms with E-state index in [1.54, 1.807) is 12.1 Å². The van der Waals surface area contributed by atoms with Gasteiger partial charge in [0.25, 0.3) is 0 Å². The van der Waals surface area contributed by atoms with E-state index in [1.807, 2.05) is 24.1 Å². The summed E-state index contributed by atoms with van der Waals surface area (Å²) >= 11 is 1.52. The fourth-order valence-electron chi connectivity index (χ4n) is 2.29. The van der Waals surface area contributed by atoms with Crippen LogP contribution in [0.25, 0.3) is 0 Å². The Morgan fingerprint density at radius 3 is 2.80 bits per heavy atom. The minimum atomic E-state index is 0. The molecular weight excluding hydrogens is 296 g/mol. The number of hydrogen-bond donors (Lipinski definition) is 2. The largest absolute Gasteiger partial charge is 0.508 e. The molecule has 1 atom stereocenters. The SMILES string of the molecule is CNCC1CCN(C(=O)CSc2ccc(O)cc2)C1.Cl. The zero-order chi connectivity index (χ0) is 13.7. The van der Waals surface area contributed by atoms with E-state index in [9.17, 15) is 9.90 Å². The van der Waals surface area contributed by atoms with Crippen LogP contribution in [-0.4, -0.2) is 48.3 Å². The fourth-order valence-corrected chi connectivity index (χ4v) is 3.09. The van der Waals surface area contributed by atoms with E-state index < -0.39 is 0 Å². The first-order valence-corrected chi connectivity index (χ1v) is 7.52. The molecule has 1 amide bonds. The molecule has 0 spiro atoms. The van der Waals surface area contributed by atoms with Crippen molar-refractivity contribution in [2.75, 3.05) is 32.4 Å². The molecule has 0 aliphatic carbocycles.